The van der Waals surface area contributed by atoms with Crippen molar-refractivity contribution in [3.05, 3.63) is 48.6 Å². The molecule has 0 amide bonds. The van der Waals surface area contributed by atoms with E-state index in [1.807, 2.05) is 0 Å². The molecule has 0 aliphatic heterocycles. The molecule has 0 aromatic heterocycles. The van der Waals surface area contributed by atoms with Crippen molar-refractivity contribution in [3.63, 3.8) is 0 Å². The molecule has 0 saturated carbocycles. The number of unbranched alkanes of at least 4 members (excludes halogenated alkanes) is 4. The monoisotopic (exact) mass is 444 g/mol. The molecule has 0 unspecified atom stereocenters. The third kappa shape index (κ3) is 24.4. The molecule has 2 nitrogen and oxygen atoms in total. The summed E-state index contributed by atoms with van der Waals surface area (Å²) >= 11 is 0. The molecule has 23 heavy (non-hydrogen) atoms. The fraction of sp³-hybridized carbons (Fsp3) is 0.550. The van der Waals surface area contributed by atoms with E-state index in [0.717, 1.165) is 32.1 Å². The van der Waals surface area contributed by atoms with E-state index in [1.165, 1.54) is 25.7 Å². The zero-order valence-electron chi connectivity index (χ0n) is 16.8. The molecule has 0 aromatic carbocycles. The number of carboxylic acid groups (broad SMARTS) is 1. The van der Waals surface area contributed by atoms with Crippen molar-refractivity contribution in [3.8, 4) is 0 Å². The van der Waals surface area contributed by atoms with Gasteiger partial charge in [-0.05, 0) is 44.9 Å². The average molecular weight is 444 g/mol. The van der Waals surface area contributed by atoms with Gasteiger partial charge in [0.05, 0.1) is 0 Å². The maximum Gasteiger partial charge on any atom is 2.00 e. The second-order valence-electron chi connectivity index (χ2n) is 5.37. The summed E-state index contributed by atoms with van der Waals surface area (Å²) in [4.78, 5) is 10.3. The van der Waals surface area contributed by atoms with Crippen molar-refractivity contribution in [1.82, 2.24) is 0 Å². The first-order valence-corrected chi connectivity index (χ1v) is 8.59. The molecule has 0 aromatic rings. The number of hydrogen-bond donors (Lipinski definition) is 1. The van der Waals surface area contributed by atoms with E-state index in [9.17, 15) is 4.79 Å². The van der Waals surface area contributed by atoms with Gasteiger partial charge in [0.2, 0.25) is 0 Å². The van der Waals surface area contributed by atoms with Gasteiger partial charge in [-0.25, -0.2) is 0 Å². The molecule has 0 bridgehead atoms. The smallest absolute Gasteiger partial charge is 1.00 e. The Balaban J connectivity index is -0.000000735. The molecular weight excluding hydrogens is 410 g/mol. The van der Waals surface area contributed by atoms with Gasteiger partial charge in [0.25, 0.3) is 0 Å². The summed E-state index contributed by atoms with van der Waals surface area (Å²) in [6.07, 6.45) is 27.3. The van der Waals surface area contributed by atoms with Crippen molar-refractivity contribution < 1.29 is 12.8 Å². The molecule has 0 aliphatic carbocycles. The Bertz CT molecular complexity index is 378. The van der Waals surface area contributed by atoms with Crippen molar-refractivity contribution in [2.45, 2.75) is 71.1 Å². The van der Waals surface area contributed by atoms with E-state index < -0.39 is 5.97 Å². The molecular formula is C20H34BaO2. The van der Waals surface area contributed by atoms with Crippen molar-refractivity contribution in [2.24, 2.45) is 0 Å². The first kappa shape index (κ1) is 25.2. The fourth-order valence-electron chi connectivity index (χ4n) is 1.93. The summed E-state index contributed by atoms with van der Waals surface area (Å²) in [5.74, 6) is -0.712. The maximum atomic E-state index is 10.3. The Kier molecular flexibility index (Phi) is 24.1. The normalized spacial score (nSPS) is 11.9. The molecule has 0 spiro atoms. The number of carboxylic acids is 1. The minimum Gasteiger partial charge on any atom is -1.00 e. The van der Waals surface area contributed by atoms with Gasteiger partial charge in [-0.15, -0.1) is 0 Å². The van der Waals surface area contributed by atoms with Gasteiger partial charge >= 0.3 is 54.9 Å². The van der Waals surface area contributed by atoms with Crippen molar-refractivity contribution in [1.29, 1.82) is 0 Å². The van der Waals surface area contributed by atoms with Gasteiger partial charge in [0.15, 0.2) is 0 Å². The van der Waals surface area contributed by atoms with E-state index in [0.29, 0.717) is 0 Å². The first-order chi connectivity index (χ1) is 10.8. The Morgan fingerprint density at radius 3 is 1.65 bits per heavy atom. The largest absolute Gasteiger partial charge is 2.00 e. The second-order valence-corrected chi connectivity index (χ2v) is 5.37. The zero-order chi connectivity index (χ0) is 16.3. The molecule has 128 valence electrons. The minimum atomic E-state index is -0.712. The summed E-state index contributed by atoms with van der Waals surface area (Å²) in [7, 11) is 0. The number of carbonyl (C=O) groups is 1. The van der Waals surface area contributed by atoms with Crippen LogP contribution in [0.3, 0.4) is 0 Å². The minimum absolute atomic E-state index is 0. The van der Waals surface area contributed by atoms with Crippen LogP contribution in [0.1, 0.15) is 74.0 Å². The zero-order valence-corrected chi connectivity index (χ0v) is 19.2. The summed E-state index contributed by atoms with van der Waals surface area (Å²) in [5.41, 5.74) is 0. The van der Waals surface area contributed by atoms with Crippen LogP contribution >= 0.6 is 0 Å². The van der Waals surface area contributed by atoms with Gasteiger partial charge in [-0.3, -0.25) is 4.79 Å². The third-order valence-corrected chi connectivity index (χ3v) is 3.22. The molecule has 0 saturated heterocycles. The van der Waals surface area contributed by atoms with Crippen LogP contribution in [0.4, 0.5) is 0 Å². The van der Waals surface area contributed by atoms with Crippen LogP contribution in [0.2, 0.25) is 0 Å². The van der Waals surface area contributed by atoms with Crippen LogP contribution in [-0.2, 0) is 4.79 Å². The quantitative estimate of drug-likeness (QED) is 0.201. The van der Waals surface area contributed by atoms with Gasteiger partial charge in [0.1, 0.15) is 0 Å². The van der Waals surface area contributed by atoms with Crippen LogP contribution in [0.5, 0.6) is 0 Å². The Hall–Kier alpha value is 0.00143. The summed E-state index contributed by atoms with van der Waals surface area (Å²) < 4.78 is 0. The molecule has 0 atom stereocenters. The van der Waals surface area contributed by atoms with Crippen LogP contribution in [0, 0.1) is 0 Å². The van der Waals surface area contributed by atoms with E-state index in [2.05, 4.69) is 55.5 Å². The van der Waals surface area contributed by atoms with Gasteiger partial charge in [0, 0.05) is 6.42 Å². The van der Waals surface area contributed by atoms with Gasteiger partial charge in [-0.2, -0.15) is 0 Å². The summed E-state index contributed by atoms with van der Waals surface area (Å²) in [6, 6.07) is 0. The molecule has 0 rings (SSSR count). The van der Waals surface area contributed by atoms with Gasteiger partial charge in [-0.1, -0.05) is 68.4 Å². The number of aliphatic carboxylic acids is 1. The number of rotatable bonds is 14. The first-order valence-electron chi connectivity index (χ1n) is 8.59. The topological polar surface area (TPSA) is 37.3 Å². The molecule has 0 radical (unpaired) electrons. The Morgan fingerprint density at radius 2 is 1.22 bits per heavy atom. The number of allylic oxidation sites excluding steroid dienone is 8. The predicted molar refractivity (Wildman–Crippen MR) is 104 cm³/mol. The Morgan fingerprint density at radius 1 is 0.783 bits per heavy atom. The summed E-state index contributed by atoms with van der Waals surface area (Å²) in [5, 5.41) is 8.49. The van der Waals surface area contributed by atoms with E-state index in [-0.39, 0.29) is 58.2 Å². The van der Waals surface area contributed by atoms with Crippen LogP contribution in [0.25, 0.3) is 0 Å². The molecule has 1 N–H and O–H groups in total. The second kappa shape index (κ2) is 22.0. The molecule has 0 aliphatic rings. The molecule has 0 heterocycles. The van der Waals surface area contributed by atoms with E-state index >= 15 is 0 Å². The third-order valence-electron chi connectivity index (χ3n) is 3.22. The van der Waals surface area contributed by atoms with Gasteiger partial charge < -0.3 is 7.96 Å². The van der Waals surface area contributed by atoms with Crippen LogP contribution in [0.15, 0.2) is 48.6 Å². The Labute approximate surface area is 185 Å². The number of hydrogen-bond acceptors (Lipinski definition) is 1. The van der Waals surface area contributed by atoms with E-state index in [4.69, 9.17) is 5.11 Å². The SMILES string of the molecule is CCCCC/C=C\C/C=C\C/C=C\C/C=C\CCCC(=O)O.[Ba+2].[H-].[H-]. The summed E-state index contributed by atoms with van der Waals surface area (Å²) in [6.45, 7) is 2.23. The fourth-order valence-corrected chi connectivity index (χ4v) is 1.93. The van der Waals surface area contributed by atoms with Crippen LogP contribution in [-0.4, -0.2) is 60.0 Å². The predicted octanol–water partition coefficient (Wildman–Crippen LogP) is 6.06. The average Bonchev–Trinajstić information content (AvgIpc) is 2.50. The maximum absolute atomic E-state index is 10.3. The van der Waals surface area contributed by atoms with Crippen molar-refractivity contribution >= 4 is 54.9 Å². The standard InChI is InChI=1S/C20H32O2.Ba.2H/c1-2-3-4-5-6-7-8-9-10-11-12-13-14-15-16-17-18-19-20(21)22;;;/h6-7,9-10,12-13,15-16H,2-5,8,11,14,17-19H2,1H3,(H,21,22);;;/q;+2;2*-1/b7-6-,10-9-,13-12-,16-15-;;;. The van der Waals surface area contributed by atoms with Crippen molar-refractivity contribution in [2.75, 3.05) is 0 Å². The van der Waals surface area contributed by atoms with E-state index in [1.54, 1.807) is 0 Å². The van der Waals surface area contributed by atoms with Crippen LogP contribution < -0.4 is 0 Å². The molecule has 0 fully saturated rings. The molecule has 3 heteroatoms.